The number of carboxylic acids is 1. The number of aryl methyl sites for hydroxylation is 1. The molecule has 0 heterocycles. The quantitative estimate of drug-likeness (QED) is 0.552. The standard InChI is InChI=1S/C25H21F2NO4/c26-21-11-9-15(13-22(21)27)10-12-23(24(29)30)28-25(31)32-14-20-18-7-3-1-5-16(18)17-6-2-4-8-19(17)20/h1-9,11,13,20,23H,10,12,14H2,(H,28,31)(H,29,30)/t23-/m0/s1. The SMILES string of the molecule is O=C(N[C@@H](CCc1ccc(F)c(F)c1)C(=O)O)OCC1c2ccccc2-c2ccccc21. The van der Waals surface area contributed by atoms with Crippen molar-refractivity contribution in [3.8, 4) is 11.1 Å². The van der Waals surface area contributed by atoms with Crippen LogP contribution >= 0.6 is 0 Å². The number of carbonyl (C=O) groups excluding carboxylic acids is 1. The van der Waals surface area contributed by atoms with Crippen molar-refractivity contribution in [2.45, 2.75) is 24.8 Å². The molecule has 1 amide bonds. The molecule has 3 aromatic carbocycles. The van der Waals surface area contributed by atoms with E-state index < -0.39 is 29.7 Å². The first kappa shape index (κ1) is 21.5. The lowest BCUT2D eigenvalue weighted by Crippen LogP contribution is -2.41. The van der Waals surface area contributed by atoms with E-state index in [1.165, 1.54) is 6.07 Å². The fraction of sp³-hybridized carbons (Fsp3) is 0.200. The maximum absolute atomic E-state index is 13.4. The normalized spacial score (nSPS) is 13.2. The lowest BCUT2D eigenvalue weighted by molar-refractivity contribution is -0.139. The predicted octanol–water partition coefficient (Wildman–Crippen LogP) is 4.89. The molecule has 0 aromatic heterocycles. The minimum atomic E-state index is -1.24. The summed E-state index contributed by atoms with van der Waals surface area (Å²) in [6.07, 6.45) is -0.688. The summed E-state index contributed by atoms with van der Waals surface area (Å²) in [6.45, 7) is 0.0649. The molecule has 1 aliphatic carbocycles. The zero-order valence-electron chi connectivity index (χ0n) is 17.1. The summed E-state index contributed by atoms with van der Waals surface area (Å²) in [5, 5.41) is 11.8. The Morgan fingerprint density at radius 1 is 0.938 bits per heavy atom. The van der Waals surface area contributed by atoms with Gasteiger partial charge in [-0.05, 0) is 52.8 Å². The molecule has 164 valence electrons. The molecular formula is C25H21F2NO4. The second-order valence-corrected chi connectivity index (χ2v) is 7.65. The molecular weight excluding hydrogens is 416 g/mol. The van der Waals surface area contributed by atoms with E-state index in [2.05, 4.69) is 5.32 Å². The molecule has 3 aromatic rings. The van der Waals surface area contributed by atoms with E-state index in [0.29, 0.717) is 5.56 Å². The number of hydrogen-bond acceptors (Lipinski definition) is 3. The van der Waals surface area contributed by atoms with Crippen molar-refractivity contribution < 1.29 is 28.2 Å². The summed E-state index contributed by atoms with van der Waals surface area (Å²) in [4.78, 5) is 23.9. The van der Waals surface area contributed by atoms with Gasteiger partial charge in [0.2, 0.25) is 0 Å². The highest BCUT2D eigenvalue weighted by Crippen LogP contribution is 2.44. The van der Waals surface area contributed by atoms with Crippen molar-refractivity contribution >= 4 is 12.1 Å². The number of alkyl carbamates (subject to hydrolysis) is 1. The first-order chi connectivity index (χ1) is 15.4. The smallest absolute Gasteiger partial charge is 0.407 e. The summed E-state index contributed by atoms with van der Waals surface area (Å²) in [7, 11) is 0. The number of fused-ring (bicyclic) bond motifs is 3. The zero-order valence-corrected chi connectivity index (χ0v) is 17.1. The molecule has 7 heteroatoms. The average molecular weight is 437 g/mol. The van der Waals surface area contributed by atoms with Crippen LogP contribution in [0.15, 0.2) is 66.7 Å². The molecule has 5 nitrogen and oxygen atoms in total. The number of nitrogens with one attached hydrogen (secondary N) is 1. The summed E-state index contributed by atoms with van der Waals surface area (Å²) in [5.74, 6) is -3.35. The lowest BCUT2D eigenvalue weighted by atomic mass is 9.98. The minimum absolute atomic E-state index is 0.00456. The van der Waals surface area contributed by atoms with Crippen molar-refractivity contribution in [2.24, 2.45) is 0 Å². The van der Waals surface area contributed by atoms with Crippen molar-refractivity contribution in [2.75, 3.05) is 6.61 Å². The lowest BCUT2D eigenvalue weighted by Gasteiger charge is -2.17. The Balaban J connectivity index is 1.38. The molecule has 32 heavy (non-hydrogen) atoms. The zero-order chi connectivity index (χ0) is 22.7. The molecule has 0 saturated carbocycles. The van der Waals surface area contributed by atoms with Gasteiger partial charge in [0.05, 0.1) is 0 Å². The molecule has 0 aliphatic heterocycles. The van der Waals surface area contributed by atoms with Crippen molar-refractivity contribution in [3.05, 3.63) is 95.1 Å². The number of carboxylic acid groups (broad SMARTS) is 1. The molecule has 0 spiro atoms. The highest BCUT2D eigenvalue weighted by molar-refractivity contribution is 5.81. The van der Waals surface area contributed by atoms with Gasteiger partial charge >= 0.3 is 12.1 Å². The van der Waals surface area contributed by atoms with E-state index in [1.54, 1.807) is 0 Å². The third kappa shape index (κ3) is 4.46. The third-order valence-electron chi connectivity index (χ3n) is 5.64. The van der Waals surface area contributed by atoms with E-state index in [-0.39, 0.29) is 25.4 Å². The molecule has 0 bridgehead atoms. The van der Waals surface area contributed by atoms with Gasteiger partial charge in [0.25, 0.3) is 0 Å². The molecule has 1 atom stereocenters. The van der Waals surface area contributed by atoms with E-state index in [1.807, 2.05) is 48.5 Å². The molecule has 0 unspecified atom stereocenters. The van der Waals surface area contributed by atoms with Gasteiger partial charge in [-0.15, -0.1) is 0 Å². The largest absolute Gasteiger partial charge is 0.480 e. The highest BCUT2D eigenvalue weighted by Gasteiger charge is 2.29. The fourth-order valence-corrected chi connectivity index (χ4v) is 4.05. The molecule has 2 N–H and O–H groups in total. The number of benzene rings is 3. The first-order valence-electron chi connectivity index (χ1n) is 10.2. The molecule has 0 fully saturated rings. The van der Waals surface area contributed by atoms with Crippen LogP contribution in [0.1, 0.15) is 29.0 Å². The van der Waals surface area contributed by atoms with Crippen LogP contribution in [0.5, 0.6) is 0 Å². The van der Waals surface area contributed by atoms with Crippen LogP contribution in [0, 0.1) is 11.6 Å². The third-order valence-corrected chi connectivity index (χ3v) is 5.64. The van der Waals surface area contributed by atoms with Crippen LogP contribution in [0.2, 0.25) is 0 Å². The second-order valence-electron chi connectivity index (χ2n) is 7.65. The Hall–Kier alpha value is -3.74. The summed E-state index contributed by atoms with van der Waals surface area (Å²) in [6, 6.07) is 17.9. The van der Waals surface area contributed by atoms with E-state index in [4.69, 9.17) is 4.74 Å². The summed E-state index contributed by atoms with van der Waals surface area (Å²) in [5.41, 5.74) is 4.72. The van der Waals surface area contributed by atoms with Crippen LogP contribution in [0.3, 0.4) is 0 Å². The number of halogens is 2. The predicted molar refractivity (Wildman–Crippen MR) is 114 cm³/mol. The maximum atomic E-state index is 13.4. The van der Waals surface area contributed by atoms with E-state index in [0.717, 1.165) is 34.4 Å². The van der Waals surface area contributed by atoms with Crippen molar-refractivity contribution in [3.63, 3.8) is 0 Å². The maximum Gasteiger partial charge on any atom is 0.407 e. The molecule has 4 rings (SSSR count). The highest BCUT2D eigenvalue weighted by atomic mass is 19.2. The van der Waals surface area contributed by atoms with Crippen LogP contribution in [0.4, 0.5) is 13.6 Å². The summed E-state index contributed by atoms with van der Waals surface area (Å²) >= 11 is 0. The number of hydrogen-bond donors (Lipinski definition) is 2. The van der Waals surface area contributed by atoms with Crippen molar-refractivity contribution in [1.82, 2.24) is 5.32 Å². The Morgan fingerprint density at radius 2 is 1.56 bits per heavy atom. The van der Waals surface area contributed by atoms with Gasteiger partial charge < -0.3 is 15.2 Å². The average Bonchev–Trinajstić information content (AvgIpc) is 3.11. The Bertz CT molecular complexity index is 1120. The number of carbonyl (C=O) groups is 2. The van der Waals surface area contributed by atoms with Gasteiger partial charge in [-0.25, -0.2) is 18.4 Å². The van der Waals surface area contributed by atoms with Gasteiger partial charge in [-0.2, -0.15) is 0 Å². The van der Waals surface area contributed by atoms with Crippen LogP contribution < -0.4 is 5.32 Å². The molecule has 0 saturated heterocycles. The number of amides is 1. The second kappa shape index (κ2) is 9.18. The van der Waals surface area contributed by atoms with Gasteiger partial charge in [0, 0.05) is 5.92 Å². The number of ether oxygens (including phenoxy) is 1. The van der Waals surface area contributed by atoms with Gasteiger partial charge in [-0.3, -0.25) is 0 Å². The van der Waals surface area contributed by atoms with Gasteiger partial charge in [-0.1, -0.05) is 54.6 Å². The minimum Gasteiger partial charge on any atom is -0.480 e. The van der Waals surface area contributed by atoms with Gasteiger partial charge in [0.15, 0.2) is 11.6 Å². The van der Waals surface area contributed by atoms with Gasteiger partial charge in [0.1, 0.15) is 12.6 Å². The Labute approximate surface area is 183 Å². The Kier molecular flexibility index (Phi) is 6.16. The monoisotopic (exact) mass is 437 g/mol. The Morgan fingerprint density at radius 3 is 2.16 bits per heavy atom. The molecule has 0 radical (unpaired) electrons. The topological polar surface area (TPSA) is 75.6 Å². The fourth-order valence-electron chi connectivity index (χ4n) is 4.05. The number of rotatable bonds is 7. The number of aliphatic carboxylic acids is 1. The van der Waals surface area contributed by atoms with Crippen LogP contribution in [0.25, 0.3) is 11.1 Å². The van der Waals surface area contributed by atoms with Crippen molar-refractivity contribution in [1.29, 1.82) is 0 Å². The van der Waals surface area contributed by atoms with E-state index in [9.17, 15) is 23.5 Å². The first-order valence-corrected chi connectivity index (χ1v) is 10.2. The van der Waals surface area contributed by atoms with E-state index >= 15 is 0 Å². The van der Waals surface area contributed by atoms with Crippen LogP contribution in [-0.4, -0.2) is 29.8 Å². The van der Waals surface area contributed by atoms with Crippen LogP contribution in [-0.2, 0) is 16.0 Å². The summed E-state index contributed by atoms with van der Waals surface area (Å²) < 4.78 is 31.8. The molecule has 1 aliphatic rings.